The highest BCUT2D eigenvalue weighted by atomic mass is 16.3. The first-order valence-corrected chi connectivity index (χ1v) is 4.90. The number of hydrogen-bond donors (Lipinski definition) is 2. The molecule has 5 heteroatoms. The monoisotopic (exact) mass is 199 g/mol. The van der Waals surface area contributed by atoms with Gasteiger partial charge in [0.15, 0.2) is 0 Å². The van der Waals surface area contributed by atoms with Crippen LogP contribution in [-0.2, 0) is 13.0 Å². The van der Waals surface area contributed by atoms with Crippen LogP contribution in [0.2, 0.25) is 0 Å². The summed E-state index contributed by atoms with van der Waals surface area (Å²) in [6, 6.07) is 0. The second-order valence-electron chi connectivity index (χ2n) is 3.44. The van der Waals surface area contributed by atoms with Gasteiger partial charge < -0.3 is 10.2 Å². The highest BCUT2D eigenvalue weighted by molar-refractivity contribution is 4.92. The molecule has 0 amide bonds. The molecule has 1 aromatic rings. The van der Waals surface area contributed by atoms with Gasteiger partial charge in [0.1, 0.15) is 0 Å². The zero-order valence-electron chi connectivity index (χ0n) is 8.43. The summed E-state index contributed by atoms with van der Waals surface area (Å²) in [6.45, 7) is 2.62. The molecule has 1 rings (SSSR count). The third-order valence-corrected chi connectivity index (χ3v) is 1.95. The Morgan fingerprint density at radius 2 is 2.36 bits per heavy atom. The van der Waals surface area contributed by atoms with Crippen LogP contribution in [0.15, 0.2) is 6.20 Å². The summed E-state index contributed by atoms with van der Waals surface area (Å²) < 4.78 is 1.72. The summed E-state index contributed by atoms with van der Waals surface area (Å²) in [5.74, 6) is 0. The molecule has 0 aromatic carbocycles. The molecule has 0 aliphatic carbocycles. The Balaban J connectivity index is 2.35. The maximum atomic E-state index is 9.07. The Labute approximate surface area is 83.4 Å². The molecular formula is C9H17N3O2. The molecule has 1 atom stereocenters. The van der Waals surface area contributed by atoms with Gasteiger partial charge in [0.25, 0.3) is 0 Å². The molecule has 1 heterocycles. The van der Waals surface area contributed by atoms with E-state index in [1.807, 2.05) is 6.20 Å². The van der Waals surface area contributed by atoms with Crippen molar-refractivity contribution in [1.29, 1.82) is 0 Å². The molecule has 1 aromatic heterocycles. The van der Waals surface area contributed by atoms with Gasteiger partial charge in [0, 0.05) is 19.3 Å². The molecule has 1 unspecified atom stereocenters. The fourth-order valence-electron chi connectivity index (χ4n) is 1.14. The van der Waals surface area contributed by atoms with E-state index in [0.29, 0.717) is 13.0 Å². The lowest BCUT2D eigenvalue weighted by atomic mass is 10.2. The predicted octanol–water partition coefficient (Wildman–Crippen LogP) is -0.0261. The first-order chi connectivity index (χ1) is 6.72. The molecule has 0 saturated heterocycles. The van der Waals surface area contributed by atoms with Crippen LogP contribution >= 0.6 is 0 Å². The van der Waals surface area contributed by atoms with Gasteiger partial charge in [-0.3, -0.25) is 4.68 Å². The molecule has 0 fully saturated rings. The van der Waals surface area contributed by atoms with Crippen LogP contribution in [0, 0.1) is 0 Å². The van der Waals surface area contributed by atoms with Crippen molar-refractivity contribution in [1.82, 2.24) is 15.0 Å². The van der Waals surface area contributed by atoms with Crippen molar-refractivity contribution < 1.29 is 10.2 Å². The molecular weight excluding hydrogens is 182 g/mol. The van der Waals surface area contributed by atoms with Crippen molar-refractivity contribution in [2.24, 2.45) is 0 Å². The van der Waals surface area contributed by atoms with E-state index in [1.54, 1.807) is 11.6 Å². The molecule has 80 valence electrons. The Kier molecular flexibility index (Phi) is 4.55. The van der Waals surface area contributed by atoms with E-state index in [0.717, 1.165) is 18.5 Å². The molecule has 0 saturated carbocycles. The standard InChI is InChI=1S/C9H17N3O2/c1-8(14)4-5-12-7-9(10-11-12)3-2-6-13/h7-8,13-14H,2-6H2,1H3. The highest BCUT2D eigenvalue weighted by Crippen LogP contribution is 1.99. The molecule has 14 heavy (non-hydrogen) atoms. The van der Waals surface area contributed by atoms with E-state index in [9.17, 15) is 0 Å². The molecule has 0 bridgehead atoms. The zero-order chi connectivity index (χ0) is 10.4. The molecule has 0 spiro atoms. The summed E-state index contributed by atoms with van der Waals surface area (Å²) in [4.78, 5) is 0. The minimum Gasteiger partial charge on any atom is -0.396 e. The number of aromatic nitrogens is 3. The number of rotatable bonds is 6. The van der Waals surface area contributed by atoms with Gasteiger partial charge in [0.2, 0.25) is 0 Å². The molecule has 0 aliphatic heterocycles. The van der Waals surface area contributed by atoms with Crippen molar-refractivity contribution in [3.05, 3.63) is 11.9 Å². The fourth-order valence-corrected chi connectivity index (χ4v) is 1.14. The van der Waals surface area contributed by atoms with Gasteiger partial charge in [-0.15, -0.1) is 5.10 Å². The fraction of sp³-hybridized carbons (Fsp3) is 0.778. The molecule has 0 radical (unpaired) electrons. The van der Waals surface area contributed by atoms with E-state index in [4.69, 9.17) is 10.2 Å². The van der Waals surface area contributed by atoms with Crippen LogP contribution < -0.4 is 0 Å². The first kappa shape index (κ1) is 11.1. The van der Waals surface area contributed by atoms with Gasteiger partial charge in [-0.05, 0) is 26.2 Å². The van der Waals surface area contributed by atoms with Crippen LogP contribution in [0.25, 0.3) is 0 Å². The molecule has 5 nitrogen and oxygen atoms in total. The lowest BCUT2D eigenvalue weighted by Gasteiger charge is -2.02. The Bertz CT molecular complexity index is 260. The van der Waals surface area contributed by atoms with Gasteiger partial charge in [0.05, 0.1) is 11.8 Å². The minimum absolute atomic E-state index is 0.181. The van der Waals surface area contributed by atoms with E-state index >= 15 is 0 Å². The highest BCUT2D eigenvalue weighted by Gasteiger charge is 2.01. The van der Waals surface area contributed by atoms with Crippen LogP contribution in [0.3, 0.4) is 0 Å². The average molecular weight is 199 g/mol. The number of aliphatic hydroxyl groups excluding tert-OH is 2. The molecule has 0 aliphatic rings. The van der Waals surface area contributed by atoms with Crippen molar-refractivity contribution in [3.8, 4) is 0 Å². The smallest absolute Gasteiger partial charge is 0.0828 e. The van der Waals surface area contributed by atoms with Gasteiger partial charge in [-0.1, -0.05) is 5.21 Å². The van der Waals surface area contributed by atoms with Crippen LogP contribution in [0.4, 0.5) is 0 Å². The van der Waals surface area contributed by atoms with E-state index in [1.165, 1.54) is 0 Å². The number of nitrogens with zero attached hydrogens (tertiary/aromatic N) is 3. The lowest BCUT2D eigenvalue weighted by Crippen LogP contribution is -2.07. The summed E-state index contributed by atoms with van der Waals surface area (Å²) >= 11 is 0. The van der Waals surface area contributed by atoms with Gasteiger partial charge >= 0.3 is 0 Å². The van der Waals surface area contributed by atoms with Crippen LogP contribution in [0.1, 0.15) is 25.5 Å². The lowest BCUT2D eigenvalue weighted by molar-refractivity contribution is 0.176. The van der Waals surface area contributed by atoms with Crippen LogP contribution in [-0.4, -0.2) is 37.9 Å². The molecule has 2 N–H and O–H groups in total. The quantitative estimate of drug-likeness (QED) is 0.675. The predicted molar refractivity (Wildman–Crippen MR) is 51.7 cm³/mol. The Morgan fingerprint density at radius 1 is 1.57 bits per heavy atom. The SMILES string of the molecule is CC(O)CCn1cc(CCCO)nn1. The van der Waals surface area contributed by atoms with Gasteiger partial charge in [-0.25, -0.2) is 0 Å². The van der Waals surface area contributed by atoms with Crippen molar-refractivity contribution in [3.63, 3.8) is 0 Å². The van der Waals surface area contributed by atoms with Crippen LogP contribution in [0.5, 0.6) is 0 Å². The van der Waals surface area contributed by atoms with Crippen molar-refractivity contribution >= 4 is 0 Å². The largest absolute Gasteiger partial charge is 0.396 e. The Hall–Kier alpha value is -0.940. The van der Waals surface area contributed by atoms with Crippen molar-refractivity contribution in [2.45, 2.75) is 38.8 Å². The summed E-state index contributed by atoms with van der Waals surface area (Å²) in [5.41, 5.74) is 0.893. The minimum atomic E-state index is -0.305. The van der Waals surface area contributed by atoms with Gasteiger partial charge in [-0.2, -0.15) is 0 Å². The Morgan fingerprint density at radius 3 is 3.00 bits per heavy atom. The second kappa shape index (κ2) is 5.72. The topological polar surface area (TPSA) is 71.2 Å². The summed E-state index contributed by atoms with van der Waals surface area (Å²) in [5, 5.41) is 25.6. The summed E-state index contributed by atoms with van der Waals surface area (Å²) in [6.07, 6.45) is 3.71. The number of aliphatic hydroxyl groups is 2. The maximum Gasteiger partial charge on any atom is 0.0828 e. The second-order valence-corrected chi connectivity index (χ2v) is 3.44. The van der Waals surface area contributed by atoms with Crippen molar-refractivity contribution in [2.75, 3.05) is 6.61 Å². The number of aryl methyl sites for hydroxylation is 2. The van der Waals surface area contributed by atoms with E-state index in [2.05, 4.69) is 10.3 Å². The van der Waals surface area contributed by atoms with E-state index < -0.39 is 0 Å². The average Bonchev–Trinajstić information content (AvgIpc) is 2.59. The van der Waals surface area contributed by atoms with E-state index in [-0.39, 0.29) is 12.7 Å². The summed E-state index contributed by atoms with van der Waals surface area (Å²) in [7, 11) is 0. The third kappa shape index (κ3) is 3.85. The maximum absolute atomic E-state index is 9.07. The first-order valence-electron chi connectivity index (χ1n) is 4.90. The third-order valence-electron chi connectivity index (χ3n) is 1.95. The normalized spacial score (nSPS) is 13.1. The zero-order valence-corrected chi connectivity index (χ0v) is 8.43. The number of hydrogen-bond acceptors (Lipinski definition) is 4.